The molecule has 2 aliphatic rings. The Balaban J connectivity index is 1.05. The van der Waals surface area contributed by atoms with E-state index >= 15 is 0 Å². The molecule has 1 nitrogen and oxygen atoms in total. The first-order valence-electron chi connectivity index (χ1n) is 25.9. The van der Waals surface area contributed by atoms with Gasteiger partial charge >= 0.3 is 0 Å². The van der Waals surface area contributed by atoms with Crippen LogP contribution in [0.15, 0.2) is 250 Å². The van der Waals surface area contributed by atoms with Crippen molar-refractivity contribution in [2.24, 2.45) is 0 Å². The van der Waals surface area contributed by atoms with Crippen LogP contribution in [0.2, 0.25) is 0 Å². The van der Waals surface area contributed by atoms with Gasteiger partial charge in [0.1, 0.15) is 0 Å². The summed E-state index contributed by atoms with van der Waals surface area (Å²) in [4.78, 5) is 7.65. The summed E-state index contributed by atoms with van der Waals surface area (Å²) in [5.74, 6) is 0. The second kappa shape index (κ2) is 18.2. The molecule has 0 bridgehead atoms. The van der Waals surface area contributed by atoms with Gasteiger partial charge in [-0.25, -0.2) is 0 Å². The van der Waals surface area contributed by atoms with E-state index in [4.69, 9.17) is 0 Å². The van der Waals surface area contributed by atoms with Crippen molar-refractivity contribution in [2.45, 2.75) is 72.0 Å². The number of para-hydroxylation sites is 2. The van der Waals surface area contributed by atoms with Crippen LogP contribution in [-0.4, -0.2) is 6.71 Å². The highest BCUT2D eigenvalue weighted by Crippen LogP contribution is 2.48. The number of nitrogens with zero attached hydrogens (tertiary/aromatic N) is 1. The molecule has 2 aliphatic heterocycles. The Morgan fingerprint density at radius 2 is 0.730 bits per heavy atom. The predicted octanol–water partition coefficient (Wildman–Crippen LogP) is 18.2. The maximum atomic E-state index is 2.51. The van der Waals surface area contributed by atoms with Crippen molar-refractivity contribution in [2.75, 3.05) is 4.90 Å². The van der Waals surface area contributed by atoms with Crippen molar-refractivity contribution in [3.63, 3.8) is 0 Å². The lowest BCUT2D eigenvalue weighted by atomic mass is 9.36. The Bertz CT molecular complexity index is 3850. The van der Waals surface area contributed by atoms with Crippen LogP contribution >= 0.6 is 23.5 Å². The minimum absolute atomic E-state index is 0.0338. The second-order valence-electron chi connectivity index (χ2n) is 22.1. The van der Waals surface area contributed by atoms with Crippen molar-refractivity contribution in [3.05, 3.63) is 242 Å². The van der Waals surface area contributed by atoms with Gasteiger partial charge in [0.15, 0.2) is 0 Å². The summed E-state index contributed by atoms with van der Waals surface area (Å²) in [5.41, 5.74) is 20.1. The number of rotatable bonds is 7. The summed E-state index contributed by atoms with van der Waals surface area (Å²) in [7, 11) is 0. The van der Waals surface area contributed by atoms with E-state index in [-0.39, 0.29) is 17.5 Å². The van der Waals surface area contributed by atoms with E-state index in [1.165, 1.54) is 113 Å². The molecule has 0 spiro atoms. The minimum Gasteiger partial charge on any atom is -0.310 e. The summed E-state index contributed by atoms with van der Waals surface area (Å²) < 4.78 is 0. The fraction of sp³-hybridized carbons (Fsp3) is 0.114. The zero-order chi connectivity index (χ0) is 50.3. The number of anilines is 3. The maximum Gasteiger partial charge on any atom is 0.247 e. The highest BCUT2D eigenvalue weighted by molar-refractivity contribution is 8.01. The van der Waals surface area contributed by atoms with Crippen molar-refractivity contribution in [1.29, 1.82) is 0 Å². The zero-order valence-corrected chi connectivity index (χ0v) is 44.4. The van der Waals surface area contributed by atoms with Gasteiger partial charge in [-0.1, -0.05) is 234 Å². The van der Waals surface area contributed by atoms with Gasteiger partial charge in [0.2, 0.25) is 6.71 Å². The van der Waals surface area contributed by atoms with Crippen LogP contribution in [0.25, 0.3) is 66.1 Å². The van der Waals surface area contributed by atoms with Crippen molar-refractivity contribution in [1.82, 2.24) is 0 Å². The molecule has 0 atom stereocenters. The quantitative estimate of drug-likeness (QED) is 0.116. The zero-order valence-electron chi connectivity index (χ0n) is 42.8. The number of fused-ring (bicyclic) bond motifs is 6. The first-order valence-corrected chi connectivity index (χ1v) is 27.6. The van der Waals surface area contributed by atoms with E-state index in [9.17, 15) is 0 Å². The molecule has 0 fully saturated rings. The van der Waals surface area contributed by atoms with Crippen LogP contribution in [0.4, 0.5) is 17.1 Å². The Morgan fingerprint density at radius 3 is 1.27 bits per heavy atom. The van der Waals surface area contributed by atoms with Gasteiger partial charge in [-0.05, 0) is 166 Å². The molecule has 11 aromatic carbocycles. The van der Waals surface area contributed by atoms with Crippen LogP contribution in [0.1, 0.15) is 52.7 Å². The lowest BCUT2D eigenvalue weighted by Crippen LogP contribution is -2.58. The highest BCUT2D eigenvalue weighted by atomic mass is 32.2. The molecule has 0 unspecified atom stereocenters. The normalized spacial score (nSPS) is 12.9. The number of hydrogen-bond acceptors (Lipinski definition) is 3. The van der Waals surface area contributed by atoms with Crippen LogP contribution in [0.3, 0.4) is 0 Å². The fourth-order valence-corrected chi connectivity index (χ4v) is 14.0. The van der Waals surface area contributed by atoms with Gasteiger partial charge in [-0.3, -0.25) is 0 Å². The van der Waals surface area contributed by atoms with Crippen molar-refractivity contribution < 1.29 is 0 Å². The Morgan fingerprint density at radius 1 is 0.311 bits per heavy atom. The van der Waals surface area contributed by atoms with Gasteiger partial charge in [0, 0.05) is 36.6 Å². The Kier molecular flexibility index (Phi) is 11.4. The van der Waals surface area contributed by atoms with Gasteiger partial charge in [-0.2, -0.15) is 0 Å². The predicted molar refractivity (Wildman–Crippen MR) is 321 cm³/mol. The topological polar surface area (TPSA) is 3.24 Å². The van der Waals surface area contributed by atoms with E-state index in [0.29, 0.717) is 0 Å². The van der Waals surface area contributed by atoms with E-state index in [0.717, 1.165) is 17.1 Å². The van der Waals surface area contributed by atoms with E-state index < -0.39 is 0 Å². The first-order chi connectivity index (χ1) is 35.9. The van der Waals surface area contributed by atoms with E-state index in [2.05, 4.69) is 277 Å². The monoisotopic (exact) mass is 985 g/mol. The van der Waals surface area contributed by atoms with Gasteiger partial charge in [-0.15, -0.1) is 0 Å². The molecule has 356 valence electrons. The third-order valence-electron chi connectivity index (χ3n) is 15.2. The van der Waals surface area contributed by atoms with Crippen LogP contribution in [0.5, 0.6) is 0 Å². The maximum absolute atomic E-state index is 2.51. The molecule has 0 saturated heterocycles. The molecule has 0 amide bonds. The van der Waals surface area contributed by atoms with Gasteiger partial charge < -0.3 is 4.90 Å². The molecule has 2 heterocycles. The smallest absolute Gasteiger partial charge is 0.247 e. The molecular weight excluding hydrogens is 930 g/mol. The largest absolute Gasteiger partial charge is 0.310 e. The van der Waals surface area contributed by atoms with E-state index in [1.807, 2.05) is 23.5 Å². The number of benzene rings is 11. The average molecular weight is 986 g/mol. The van der Waals surface area contributed by atoms with Crippen molar-refractivity contribution in [3.8, 4) is 44.5 Å². The molecule has 11 aromatic rings. The molecule has 13 rings (SSSR count). The average Bonchev–Trinajstić information content (AvgIpc) is 3.42. The highest BCUT2D eigenvalue weighted by Gasteiger charge is 2.39. The molecule has 0 N–H and O–H groups in total. The minimum atomic E-state index is -0.0338. The fourth-order valence-electron chi connectivity index (χ4n) is 11.5. The summed E-state index contributed by atoms with van der Waals surface area (Å²) in [6.45, 7) is 14.2. The first kappa shape index (κ1) is 46.3. The Labute approximate surface area is 445 Å². The lowest BCUT2D eigenvalue weighted by Gasteiger charge is -2.34. The molecule has 74 heavy (non-hydrogen) atoms. The molecule has 4 heteroatoms. The molecule has 0 aliphatic carbocycles. The third kappa shape index (κ3) is 8.16. The molecule has 0 aromatic heterocycles. The molecule has 0 radical (unpaired) electrons. The summed E-state index contributed by atoms with van der Waals surface area (Å²) in [5, 5.41) is 5.03. The molecule has 0 saturated carbocycles. The standard InChI is InChI=1S/C70H56BNS2/c1-69(2,3)51-39-48(40-52(43-51)70(4,5)6)46-36-47(38-50(37-46)67-58-30-18-16-28-56(58)66(45-22-10-7-11-23-45)57-29-17-19-31-59(57)67)49-41-64-68-65(42-49)74-63-44-55(34-35-61(63)71(68)60-32-20-21-33-62(60)73-64)72(53-24-12-8-13-25-53)54-26-14-9-15-27-54/h7-44H,1-6H3. The molecular formula is C70H56BNS2. The summed E-state index contributed by atoms with van der Waals surface area (Å²) >= 11 is 3.86. The lowest BCUT2D eigenvalue weighted by molar-refractivity contribution is 0.569. The van der Waals surface area contributed by atoms with Gasteiger partial charge in [0.05, 0.1) is 0 Å². The second-order valence-corrected chi connectivity index (χ2v) is 24.3. The van der Waals surface area contributed by atoms with Gasteiger partial charge in [0.25, 0.3) is 0 Å². The summed E-state index contributed by atoms with van der Waals surface area (Å²) in [6.07, 6.45) is 0. The third-order valence-corrected chi connectivity index (χ3v) is 17.5. The van der Waals surface area contributed by atoms with Crippen LogP contribution in [0, 0.1) is 0 Å². The SMILES string of the molecule is CC(C)(C)c1cc(-c2cc(-c3cc4c5c(c3)Sc3cc(N(c6ccccc6)c6ccccc6)ccc3B5c3ccccc3S4)cc(-c3c4ccccc4c(-c4ccccc4)c4ccccc34)c2)cc(C(C)(C)C)c1. The van der Waals surface area contributed by atoms with E-state index in [1.54, 1.807) is 0 Å². The van der Waals surface area contributed by atoms with Crippen LogP contribution < -0.4 is 21.3 Å². The summed E-state index contributed by atoms with van der Waals surface area (Å²) in [6, 6.07) is 86.7. The number of hydrogen-bond donors (Lipinski definition) is 0. The Hall–Kier alpha value is -7.50. The van der Waals surface area contributed by atoms with Crippen molar-refractivity contribution >= 4 is 85.2 Å². The van der Waals surface area contributed by atoms with Crippen LogP contribution in [-0.2, 0) is 10.8 Å².